The van der Waals surface area contributed by atoms with Crippen LogP contribution in [0, 0.1) is 17.1 Å². The van der Waals surface area contributed by atoms with Crippen LogP contribution in [0.25, 0.3) is 0 Å². The molecule has 0 aromatic heterocycles. The average Bonchev–Trinajstić information content (AvgIpc) is 2.67. The van der Waals surface area contributed by atoms with E-state index in [4.69, 9.17) is 16.9 Å². The zero-order chi connectivity index (χ0) is 20.8. The number of ketones is 1. The summed E-state index contributed by atoms with van der Waals surface area (Å²) in [5, 5.41) is 9.12. The minimum absolute atomic E-state index is 0.0648. The number of carbonyl (C=O) groups is 2. The monoisotopic (exact) mass is 401 g/mol. The standard InChI is InChI=1S/C21H21ClFN3O2/c1-14(10-11-24)25(2)13-20(27)26(3)19-9-8-15(22)12-17(19)21(28)16-6-4-5-7-18(16)23/h4-9,12,14H,10,13H2,1-3H3/t14-/m1/s1. The van der Waals surface area contributed by atoms with Gasteiger partial charge in [0, 0.05) is 23.7 Å². The summed E-state index contributed by atoms with van der Waals surface area (Å²) in [7, 11) is 3.30. The molecule has 0 N–H and O–H groups in total. The largest absolute Gasteiger partial charge is 0.314 e. The van der Waals surface area contributed by atoms with Crippen LogP contribution in [0.5, 0.6) is 0 Å². The smallest absolute Gasteiger partial charge is 0.240 e. The Morgan fingerprint density at radius 3 is 2.50 bits per heavy atom. The van der Waals surface area contributed by atoms with E-state index in [1.54, 1.807) is 37.2 Å². The summed E-state index contributed by atoms with van der Waals surface area (Å²) in [5.74, 6) is -1.46. The Hall–Kier alpha value is -2.75. The fraction of sp³-hybridized carbons (Fsp3) is 0.286. The number of hydrogen-bond acceptors (Lipinski definition) is 4. The van der Waals surface area contributed by atoms with Crippen LogP contribution in [0.3, 0.4) is 0 Å². The summed E-state index contributed by atoms with van der Waals surface area (Å²) < 4.78 is 14.1. The number of likely N-dealkylation sites (N-methyl/N-ethyl adjacent to an activating group) is 2. The third kappa shape index (κ3) is 4.94. The van der Waals surface area contributed by atoms with Gasteiger partial charge in [0.2, 0.25) is 5.91 Å². The Kier molecular flexibility index (Phi) is 7.27. The zero-order valence-electron chi connectivity index (χ0n) is 15.9. The first-order chi connectivity index (χ1) is 13.3. The summed E-state index contributed by atoms with van der Waals surface area (Å²) in [5.41, 5.74) is 0.386. The van der Waals surface area contributed by atoms with E-state index in [9.17, 15) is 14.0 Å². The lowest BCUT2D eigenvalue weighted by atomic mass is 10.0. The molecule has 0 aliphatic heterocycles. The van der Waals surface area contributed by atoms with Crippen molar-refractivity contribution in [2.75, 3.05) is 25.5 Å². The van der Waals surface area contributed by atoms with Gasteiger partial charge in [-0.3, -0.25) is 14.5 Å². The number of halogens is 2. The highest BCUT2D eigenvalue weighted by Gasteiger charge is 2.23. The van der Waals surface area contributed by atoms with Crippen molar-refractivity contribution >= 4 is 29.0 Å². The maximum Gasteiger partial charge on any atom is 0.240 e. The second-order valence-electron chi connectivity index (χ2n) is 6.55. The molecule has 2 aromatic rings. The van der Waals surface area contributed by atoms with Crippen LogP contribution >= 0.6 is 11.6 Å². The Morgan fingerprint density at radius 2 is 1.86 bits per heavy atom. The van der Waals surface area contributed by atoms with Gasteiger partial charge < -0.3 is 4.90 Å². The quantitative estimate of drug-likeness (QED) is 0.660. The van der Waals surface area contributed by atoms with Gasteiger partial charge in [-0.15, -0.1) is 0 Å². The van der Waals surface area contributed by atoms with Crippen LogP contribution in [0.2, 0.25) is 5.02 Å². The van der Waals surface area contributed by atoms with Crippen LogP contribution < -0.4 is 4.90 Å². The Morgan fingerprint density at radius 1 is 1.18 bits per heavy atom. The zero-order valence-corrected chi connectivity index (χ0v) is 16.7. The van der Waals surface area contributed by atoms with E-state index >= 15 is 0 Å². The number of hydrogen-bond donors (Lipinski definition) is 0. The molecule has 0 aliphatic carbocycles. The Labute approximate surface area is 168 Å². The normalized spacial score (nSPS) is 11.8. The predicted octanol–water partition coefficient (Wildman–Crippen LogP) is 3.91. The molecular formula is C21H21ClFN3O2. The van der Waals surface area contributed by atoms with Gasteiger partial charge in [0.1, 0.15) is 5.82 Å². The van der Waals surface area contributed by atoms with Crippen LogP contribution in [0.4, 0.5) is 10.1 Å². The van der Waals surface area contributed by atoms with Gasteiger partial charge in [0.25, 0.3) is 0 Å². The minimum Gasteiger partial charge on any atom is -0.314 e. The van der Waals surface area contributed by atoms with Crippen LogP contribution in [-0.2, 0) is 4.79 Å². The van der Waals surface area contributed by atoms with Gasteiger partial charge in [0.15, 0.2) is 5.78 Å². The van der Waals surface area contributed by atoms with Crippen molar-refractivity contribution < 1.29 is 14.0 Å². The van der Waals surface area contributed by atoms with E-state index in [-0.39, 0.29) is 29.6 Å². The van der Waals surface area contributed by atoms with E-state index in [1.165, 1.54) is 29.2 Å². The van der Waals surface area contributed by atoms with E-state index in [0.29, 0.717) is 17.1 Å². The number of nitrogens with zero attached hydrogens (tertiary/aromatic N) is 3. The second-order valence-corrected chi connectivity index (χ2v) is 6.99. The van der Waals surface area contributed by atoms with E-state index in [2.05, 4.69) is 6.07 Å². The van der Waals surface area contributed by atoms with Gasteiger partial charge in [0.05, 0.1) is 30.3 Å². The number of amides is 1. The molecule has 1 amide bonds. The van der Waals surface area contributed by atoms with Crippen molar-refractivity contribution in [3.8, 4) is 6.07 Å². The molecule has 2 aromatic carbocycles. The van der Waals surface area contributed by atoms with Crippen molar-refractivity contribution in [3.63, 3.8) is 0 Å². The summed E-state index contributed by atoms with van der Waals surface area (Å²) in [6.45, 7) is 1.92. The fourth-order valence-electron chi connectivity index (χ4n) is 2.67. The molecule has 5 nitrogen and oxygen atoms in total. The summed E-state index contributed by atoms with van der Waals surface area (Å²) in [4.78, 5) is 28.7. The molecule has 0 unspecified atom stereocenters. The first-order valence-electron chi connectivity index (χ1n) is 8.68. The third-order valence-electron chi connectivity index (χ3n) is 4.58. The van der Waals surface area contributed by atoms with E-state index in [1.807, 2.05) is 6.92 Å². The van der Waals surface area contributed by atoms with Crippen molar-refractivity contribution in [2.24, 2.45) is 0 Å². The highest BCUT2D eigenvalue weighted by molar-refractivity contribution is 6.31. The molecule has 0 aliphatic rings. The highest BCUT2D eigenvalue weighted by Crippen LogP contribution is 2.27. The van der Waals surface area contributed by atoms with Gasteiger partial charge in [-0.1, -0.05) is 23.7 Å². The molecule has 0 saturated heterocycles. The number of nitriles is 1. The molecule has 0 fully saturated rings. The summed E-state index contributed by atoms with van der Waals surface area (Å²) in [6.07, 6.45) is 0.297. The Balaban J connectivity index is 2.33. The minimum atomic E-state index is -0.641. The predicted molar refractivity (Wildman–Crippen MR) is 107 cm³/mol. The van der Waals surface area contributed by atoms with Crippen LogP contribution in [0.1, 0.15) is 29.3 Å². The maximum absolute atomic E-state index is 14.1. The fourth-order valence-corrected chi connectivity index (χ4v) is 2.84. The SMILES string of the molecule is C[C@H](CC#N)N(C)CC(=O)N(C)c1ccc(Cl)cc1C(=O)c1ccccc1F. The molecule has 0 spiro atoms. The maximum atomic E-state index is 14.1. The molecule has 28 heavy (non-hydrogen) atoms. The number of anilines is 1. The van der Waals surface area contributed by atoms with Crippen LogP contribution in [-0.4, -0.2) is 43.3 Å². The lowest BCUT2D eigenvalue weighted by Gasteiger charge is -2.26. The topological polar surface area (TPSA) is 64.4 Å². The molecule has 7 heteroatoms. The molecule has 1 atom stereocenters. The number of carbonyl (C=O) groups excluding carboxylic acids is 2. The molecule has 2 rings (SSSR count). The number of rotatable bonds is 7. The van der Waals surface area contributed by atoms with Crippen molar-refractivity contribution in [1.29, 1.82) is 5.26 Å². The lowest BCUT2D eigenvalue weighted by Crippen LogP contribution is -2.40. The van der Waals surface area contributed by atoms with Gasteiger partial charge in [-0.25, -0.2) is 4.39 Å². The van der Waals surface area contributed by atoms with E-state index in [0.717, 1.165) is 0 Å². The van der Waals surface area contributed by atoms with Crippen molar-refractivity contribution in [3.05, 3.63) is 64.4 Å². The molecule has 0 saturated carbocycles. The average molecular weight is 402 g/mol. The van der Waals surface area contributed by atoms with Gasteiger partial charge >= 0.3 is 0 Å². The summed E-state index contributed by atoms with van der Waals surface area (Å²) >= 11 is 6.04. The second kappa shape index (κ2) is 9.45. The van der Waals surface area contributed by atoms with Crippen molar-refractivity contribution in [2.45, 2.75) is 19.4 Å². The first-order valence-corrected chi connectivity index (χ1v) is 9.06. The third-order valence-corrected chi connectivity index (χ3v) is 4.82. The first kappa shape index (κ1) is 21.5. The van der Waals surface area contributed by atoms with Crippen LogP contribution in [0.15, 0.2) is 42.5 Å². The molecular weight excluding hydrogens is 381 g/mol. The highest BCUT2D eigenvalue weighted by atomic mass is 35.5. The van der Waals surface area contributed by atoms with Crippen molar-refractivity contribution in [1.82, 2.24) is 4.90 Å². The van der Waals surface area contributed by atoms with Gasteiger partial charge in [-0.05, 0) is 44.3 Å². The Bertz CT molecular complexity index is 926. The molecule has 0 heterocycles. The molecule has 146 valence electrons. The lowest BCUT2D eigenvalue weighted by molar-refractivity contribution is -0.119. The van der Waals surface area contributed by atoms with Gasteiger partial charge in [-0.2, -0.15) is 5.26 Å². The molecule has 0 bridgehead atoms. The van der Waals surface area contributed by atoms with E-state index < -0.39 is 11.6 Å². The number of benzene rings is 2. The molecule has 0 radical (unpaired) electrons. The summed E-state index contributed by atoms with van der Waals surface area (Å²) in [6, 6.07) is 12.2.